The molecule has 6 heteroatoms. The van der Waals surface area contributed by atoms with Crippen LogP contribution < -0.4 is 5.32 Å². The second-order valence-corrected chi connectivity index (χ2v) is 3.28. The second-order valence-electron chi connectivity index (χ2n) is 3.28. The average molecular weight is 241 g/mol. The summed E-state index contributed by atoms with van der Waals surface area (Å²) < 4.78 is 9.78. The number of phenolic OH excluding ortho intramolecular Hbond substituents is 2. The van der Waals surface area contributed by atoms with Crippen LogP contribution >= 0.6 is 0 Å². The van der Waals surface area contributed by atoms with Gasteiger partial charge in [0.1, 0.15) is 0 Å². The van der Waals surface area contributed by atoms with E-state index in [9.17, 15) is 15.0 Å². The van der Waals surface area contributed by atoms with Gasteiger partial charge in [0.05, 0.1) is 12.1 Å². The van der Waals surface area contributed by atoms with Crippen molar-refractivity contribution >= 4 is 5.91 Å². The van der Waals surface area contributed by atoms with E-state index >= 15 is 0 Å². The number of nitrogens with one attached hydrogen (secondary N) is 1. The first-order chi connectivity index (χ1) is 8.10. The quantitative estimate of drug-likeness (QED) is 0.514. The Bertz CT molecular complexity index is 389. The zero-order valence-electron chi connectivity index (χ0n) is 9.64. The Morgan fingerprint density at radius 3 is 2.59 bits per heavy atom. The van der Waals surface area contributed by atoms with Crippen LogP contribution in [0.25, 0.3) is 0 Å². The molecule has 0 unspecified atom stereocenters. The molecule has 0 aliphatic heterocycles. The average Bonchev–Trinajstić information content (AvgIpc) is 2.33. The zero-order chi connectivity index (χ0) is 12.8. The van der Waals surface area contributed by atoms with E-state index in [1.165, 1.54) is 32.4 Å². The molecule has 0 aromatic heterocycles. The third-order valence-electron chi connectivity index (χ3n) is 2.21. The zero-order valence-corrected chi connectivity index (χ0v) is 9.64. The third kappa shape index (κ3) is 3.33. The number of ether oxygens (including phenoxy) is 2. The molecule has 0 saturated heterocycles. The molecular weight excluding hydrogens is 226 g/mol. The van der Waals surface area contributed by atoms with E-state index in [2.05, 4.69) is 5.32 Å². The molecule has 0 spiro atoms. The Kier molecular flexibility index (Phi) is 4.74. The third-order valence-corrected chi connectivity index (χ3v) is 2.21. The highest BCUT2D eigenvalue weighted by Crippen LogP contribution is 2.27. The summed E-state index contributed by atoms with van der Waals surface area (Å²) in [4.78, 5) is 11.7. The first-order valence-electron chi connectivity index (χ1n) is 4.95. The van der Waals surface area contributed by atoms with Gasteiger partial charge < -0.3 is 25.0 Å². The van der Waals surface area contributed by atoms with E-state index < -0.39 is 17.9 Å². The van der Waals surface area contributed by atoms with Gasteiger partial charge in [-0.3, -0.25) is 4.79 Å². The molecule has 0 atom stereocenters. The minimum atomic E-state index is -0.557. The molecule has 0 fully saturated rings. The minimum absolute atomic E-state index is 0.00374. The van der Waals surface area contributed by atoms with Gasteiger partial charge in [-0.15, -0.1) is 0 Å². The summed E-state index contributed by atoms with van der Waals surface area (Å²) in [5, 5.41) is 21.2. The normalized spacial score (nSPS) is 10.5. The highest BCUT2D eigenvalue weighted by Gasteiger charge is 2.15. The standard InChI is InChI=1S/C11H15NO5/c1-16-9(17-2)6-12-11(15)7-4-3-5-8(13)10(7)14/h3-5,9,13-14H,6H2,1-2H3,(H,12,15). The largest absolute Gasteiger partial charge is 0.504 e. The SMILES string of the molecule is COC(CNC(=O)c1cccc(O)c1O)OC. The molecule has 1 aromatic carbocycles. The van der Waals surface area contributed by atoms with Crippen molar-refractivity contribution in [3.8, 4) is 11.5 Å². The predicted octanol–water partition coefficient (Wildman–Crippen LogP) is 0.447. The van der Waals surface area contributed by atoms with Crippen LogP contribution in [-0.4, -0.2) is 43.2 Å². The molecule has 6 nitrogen and oxygen atoms in total. The molecule has 1 rings (SSSR count). The van der Waals surface area contributed by atoms with Crippen LogP contribution in [0.2, 0.25) is 0 Å². The summed E-state index contributed by atoms with van der Waals surface area (Å²) in [6.45, 7) is 0.140. The van der Waals surface area contributed by atoms with Crippen molar-refractivity contribution in [2.75, 3.05) is 20.8 Å². The van der Waals surface area contributed by atoms with Gasteiger partial charge in [-0.05, 0) is 12.1 Å². The maximum Gasteiger partial charge on any atom is 0.255 e. The second kappa shape index (κ2) is 6.07. The monoisotopic (exact) mass is 241 g/mol. The van der Waals surface area contributed by atoms with Crippen LogP contribution in [0.3, 0.4) is 0 Å². The van der Waals surface area contributed by atoms with E-state index in [-0.39, 0.29) is 17.9 Å². The van der Waals surface area contributed by atoms with Crippen molar-refractivity contribution in [2.24, 2.45) is 0 Å². The molecule has 0 aliphatic carbocycles. The number of hydrogen-bond donors (Lipinski definition) is 3. The van der Waals surface area contributed by atoms with Gasteiger partial charge >= 0.3 is 0 Å². The molecule has 3 N–H and O–H groups in total. The number of rotatable bonds is 5. The first kappa shape index (κ1) is 13.3. The number of amides is 1. The Morgan fingerprint density at radius 1 is 1.35 bits per heavy atom. The minimum Gasteiger partial charge on any atom is -0.504 e. The summed E-state index contributed by atoms with van der Waals surface area (Å²) >= 11 is 0. The molecule has 94 valence electrons. The van der Waals surface area contributed by atoms with Gasteiger partial charge in [-0.2, -0.15) is 0 Å². The van der Waals surface area contributed by atoms with Gasteiger partial charge in [-0.25, -0.2) is 0 Å². The predicted molar refractivity (Wildman–Crippen MR) is 59.9 cm³/mol. The van der Waals surface area contributed by atoms with E-state index in [4.69, 9.17) is 9.47 Å². The van der Waals surface area contributed by atoms with Gasteiger partial charge in [0.2, 0.25) is 0 Å². The Hall–Kier alpha value is -1.79. The summed E-state index contributed by atoms with van der Waals surface area (Å²) in [5.41, 5.74) is -0.00374. The van der Waals surface area contributed by atoms with Crippen LogP contribution in [0.1, 0.15) is 10.4 Å². The molecular formula is C11H15NO5. The molecule has 1 aromatic rings. The fourth-order valence-electron chi connectivity index (χ4n) is 1.25. The molecule has 0 radical (unpaired) electrons. The van der Waals surface area contributed by atoms with Crippen molar-refractivity contribution in [2.45, 2.75) is 6.29 Å². The molecule has 0 aliphatic rings. The highest BCUT2D eigenvalue weighted by molar-refractivity contribution is 5.97. The summed E-state index contributed by atoms with van der Waals surface area (Å²) in [6, 6.07) is 4.16. The number of para-hydroxylation sites is 1. The van der Waals surface area contributed by atoms with E-state index in [0.717, 1.165) is 0 Å². The maximum absolute atomic E-state index is 11.7. The Balaban J connectivity index is 2.67. The van der Waals surface area contributed by atoms with Gasteiger partial charge in [0.15, 0.2) is 17.8 Å². The van der Waals surface area contributed by atoms with Gasteiger partial charge in [0, 0.05) is 14.2 Å². The smallest absolute Gasteiger partial charge is 0.255 e. The number of hydrogen-bond acceptors (Lipinski definition) is 5. The lowest BCUT2D eigenvalue weighted by Crippen LogP contribution is -2.34. The van der Waals surface area contributed by atoms with Crippen LogP contribution in [0.5, 0.6) is 11.5 Å². The van der Waals surface area contributed by atoms with E-state index in [1.807, 2.05) is 0 Å². The molecule has 17 heavy (non-hydrogen) atoms. The lowest BCUT2D eigenvalue weighted by atomic mass is 10.1. The summed E-state index contributed by atoms with van der Waals surface area (Å²) in [7, 11) is 2.90. The molecule has 0 heterocycles. The summed E-state index contributed by atoms with van der Waals surface area (Å²) in [5.74, 6) is -1.30. The lowest BCUT2D eigenvalue weighted by Gasteiger charge is -2.14. The number of carbonyl (C=O) groups is 1. The molecule has 0 bridgehead atoms. The van der Waals surface area contributed by atoms with E-state index in [0.29, 0.717) is 0 Å². The van der Waals surface area contributed by atoms with Crippen molar-refractivity contribution in [1.29, 1.82) is 0 Å². The Labute approximate surface area is 98.8 Å². The number of phenols is 2. The fourth-order valence-corrected chi connectivity index (χ4v) is 1.25. The van der Waals surface area contributed by atoms with Crippen LogP contribution in [-0.2, 0) is 9.47 Å². The van der Waals surface area contributed by atoms with Gasteiger partial charge in [0.25, 0.3) is 5.91 Å². The van der Waals surface area contributed by atoms with E-state index in [1.54, 1.807) is 0 Å². The number of benzene rings is 1. The van der Waals surface area contributed by atoms with Crippen molar-refractivity contribution < 1.29 is 24.5 Å². The van der Waals surface area contributed by atoms with Crippen molar-refractivity contribution in [1.82, 2.24) is 5.32 Å². The molecule has 0 saturated carbocycles. The van der Waals surface area contributed by atoms with Crippen LogP contribution in [0, 0.1) is 0 Å². The lowest BCUT2D eigenvalue weighted by molar-refractivity contribution is -0.0974. The summed E-state index contributed by atoms with van der Waals surface area (Å²) in [6.07, 6.45) is -0.557. The van der Waals surface area contributed by atoms with Crippen molar-refractivity contribution in [3.63, 3.8) is 0 Å². The van der Waals surface area contributed by atoms with Crippen LogP contribution in [0.15, 0.2) is 18.2 Å². The number of aromatic hydroxyl groups is 2. The Morgan fingerprint density at radius 2 is 2.00 bits per heavy atom. The maximum atomic E-state index is 11.7. The molecule has 1 amide bonds. The van der Waals surface area contributed by atoms with Crippen molar-refractivity contribution in [3.05, 3.63) is 23.8 Å². The number of methoxy groups -OCH3 is 2. The number of carbonyl (C=O) groups excluding carboxylic acids is 1. The fraction of sp³-hybridized carbons (Fsp3) is 0.364. The van der Waals surface area contributed by atoms with Crippen LogP contribution in [0.4, 0.5) is 0 Å². The first-order valence-corrected chi connectivity index (χ1v) is 4.95. The topological polar surface area (TPSA) is 88.0 Å². The highest BCUT2D eigenvalue weighted by atomic mass is 16.7. The van der Waals surface area contributed by atoms with Gasteiger partial charge in [-0.1, -0.05) is 6.07 Å².